The predicted molar refractivity (Wildman–Crippen MR) is 79.3 cm³/mol. The van der Waals surface area contributed by atoms with Crippen LogP contribution in [0.25, 0.3) is 11.0 Å². The van der Waals surface area contributed by atoms with Crippen LogP contribution in [0.3, 0.4) is 0 Å². The minimum atomic E-state index is 0.827. The predicted octanol–water partition coefficient (Wildman–Crippen LogP) is 3.87. The van der Waals surface area contributed by atoms with Crippen molar-refractivity contribution >= 4 is 22.8 Å². The molecule has 1 saturated heterocycles. The lowest BCUT2D eigenvalue weighted by Gasteiger charge is -2.19. The highest BCUT2D eigenvalue weighted by Crippen LogP contribution is 2.26. The van der Waals surface area contributed by atoms with Gasteiger partial charge in [-0.2, -0.15) is 11.8 Å². The van der Waals surface area contributed by atoms with Gasteiger partial charge in [-0.05, 0) is 61.3 Å². The largest absolute Gasteiger partial charge is 0.342 e. The molecule has 1 N–H and O–H groups in total. The molecule has 1 aliphatic rings. The van der Waals surface area contributed by atoms with Crippen LogP contribution < -0.4 is 0 Å². The SMILES string of the molecule is Cc1cc(C)c2nc(CC3CCSCC3)[nH]c2c1. The molecule has 18 heavy (non-hydrogen) atoms. The van der Waals surface area contributed by atoms with Crippen LogP contribution in [0.1, 0.15) is 29.8 Å². The molecule has 1 aromatic carbocycles. The maximum absolute atomic E-state index is 4.79. The molecular weight excluding hydrogens is 240 g/mol. The zero-order valence-electron chi connectivity index (χ0n) is 11.1. The number of aromatic nitrogens is 2. The first-order chi connectivity index (χ1) is 8.72. The van der Waals surface area contributed by atoms with Gasteiger partial charge in [-0.25, -0.2) is 4.98 Å². The van der Waals surface area contributed by atoms with Crippen LogP contribution in [0.5, 0.6) is 0 Å². The third-order valence-corrected chi connectivity index (χ3v) is 4.84. The number of thioether (sulfide) groups is 1. The number of fused-ring (bicyclic) bond motifs is 1. The van der Waals surface area contributed by atoms with Crippen molar-refractivity contribution in [2.75, 3.05) is 11.5 Å². The van der Waals surface area contributed by atoms with E-state index < -0.39 is 0 Å². The Morgan fingerprint density at radius 3 is 2.83 bits per heavy atom. The molecule has 2 heterocycles. The van der Waals surface area contributed by atoms with E-state index in [0.29, 0.717) is 0 Å². The molecule has 1 aromatic heterocycles. The van der Waals surface area contributed by atoms with Gasteiger partial charge < -0.3 is 4.98 Å². The van der Waals surface area contributed by atoms with Gasteiger partial charge in [-0.1, -0.05) is 6.07 Å². The first-order valence-electron chi connectivity index (χ1n) is 6.76. The van der Waals surface area contributed by atoms with E-state index in [2.05, 4.69) is 42.7 Å². The van der Waals surface area contributed by atoms with Crippen LogP contribution in [-0.2, 0) is 6.42 Å². The number of nitrogens with zero attached hydrogens (tertiary/aromatic N) is 1. The van der Waals surface area contributed by atoms with Crippen molar-refractivity contribution in [3.05, 3.63) is 29.1 Å². The number of aromatic amines is 1. The summed E-state index contributed by atoms with van der Waals surface area (Å²) in [6, 6.07) is 4.42. The summed E-state index contributed by atoms with van der Waals surface area (Å²) in [5.74, 6) is 4.65. The van der Waals surface area contributed by atoms with Crippen LogP contribution in [-0.4, -0.2) is 21.5 Å². The smallest absolute Gasteiger partial charge is 0.107 e. The second kappa shape index (κ2) is 4.96. The number of rotatable bonds is 2. The first kappa shape index (κ1) is 12.1. The Balaban J connectivity index is 1.86. The van der Waals surface area contributed by atoms with Crippen molar-refractivity contribution in [1.82, 2.24) is 9.97 Å². The molecule has 2 aromatic rings. The normalized spacial score (nSPS) is 17.4. The molecule has 0 radical (unpaired) electrons. The Hall–Kier alpha value is -0.960. The summed E-state index contributed by atoms with van der Waals surface area (Å²) in [7, 11) is 0. The minimum Gasteiger partial charge on any atom is -0.342 e. The third kappa shape index (κ3) is 2.41. The summed E-state index contributed by atoms with van der Waals surface area (Å²) >= 11 is 2.09. The van der Waals surface area contributed by atoms with Crippen LogP contribution in [0.4, 0.5) is 0 Å². The fourth-order valence-electron chi connectivity index (χ4n) is 2.84. The summed E-state index contributed by atoms with van der Waals surface area (Å²) < 4.78 is 0. The van der Waals surface area contributed by atoms with Gasteiger partial charge in [0.1, 0.15) is 5.82 Å². The standard InChI is InChI=1S/C15H20N2S/c1-10-7-11(2)15-13(8-10)16-14(17-15)9-12-3-5-18-6-4-12/h7-8,12H,3-6,9H2,1-2H3,(H,16,17). The van der Waals surface area contributed by atoms with E-state index in [0.717, 1.165) is 17.9 Å². The molecule has 0 saturated carbocycles. The molecule has 1 aliphatic heterocycles. The lowest BCUT2D eigenvalue weighted by atomic mass is 9.99. The Morgan fingerprint density at radius 1 is 1.28 bits per heavy atom. The molecule has 96 valence electrons. The van der Waals surface area contributed by atoms with Crippen LogP contribution >= 0.6 is 11.8 Å². The van der Waals surface area contributed by atoms with Crippen molar-refractivity contribution < 1.29 is 0 Å². The summed E-state index contributed by atoms with van der Waals surface area (Å²) in [5, 5.41) is 0. The highest BCUT2D eigenvalue weighted by atomic mass is 32.2. The molecule has 0 aliphatic carbocycles. The average Bonchev–Trinajstić information content (AvgIpc) is 2.73. The lowest BCUT2D eigenvalue weighted by molar-refractivity contribution is 0.478. The Kier molecular flexibility index (Phi) is 3.33. The summed E-state index contributed by atoms with van der Waals surface area (Å²) in [4.78, 5) is 8.29. The summed E-state index contributed by atoms with van der Waals surface area (Å²) in [6.07, 6.45) is 3.81. The first-order valence-corrected chi connectivity index (χ1v) is 7.91. The molecule has 3 heteroatoms. The number of imidazole rings is 1. The fourth-order valence-corrected chi connectivity index (χ4v) is 4.05. The maximum Gasteiger partial charge on any atom is 0.107 e. The number of H-pyrrole nitrogens is 1. The molecule has 2 nitrogen and oxygen atoms in total. The Labute approximate surface area is 113 Å². The minimum absolute atomic E-state index is 0.827. The Morgan fingerprint density at radius 2 is 2.06 bits per heavy atom. The number of hydrogen-bond donors (Lipinski definition) is 1. The van der Waals surface area contributed by atoms with Crippen LogP contribution in [0.15, 0.2) is 12.1 Å². The van der Waals surface area contributed by atoms with Gasteiger partial charge in [0.25, 0.3) is 0 Å². The van der Waals surface area contributed by atoms with Crippen molar-refractivity contribution in [1.29, 1.82) is 0 Å². The number of aryl methyl sites for hydroxylation is 2. The second-order valence-corrected chi connectivity index (χ2v) is 6.65. The molecule has 0 bridgehead atoms. The maximum atomic E-state index is 4.79. The van der Waals surface area contributed by atoms with Gasteiger partial charge in [0.15, 0.2) is 0 Å². The number of hydrogen-bond acceptors (Lipinski definition) is 2. The zero-order valence-corrected chi connectivity index (χ0v) is 11.9. The highest BCUT2D eigenvalue weighted by Gasteiger charge is 2.16. The van der Waals surface area contributed by atoms with E-state index in [1.165, 1.54) is 46.8 Å². The quantitative estimate of drug-likeness (QED) is 0.888. The molecule has 0 spiro atoms. The molecular formula is C15H20N2S. The number of nitrogens with one attached hydrogen (secondary N) is 1. The fraction of sp³-hybridized carbons (Fsp3) is 0.533. The van der Waals surface area contributed by atoms with Crippen molar-refractivity contribution in [3.63, 3.8) is 0 Å². The van der Waals surface area contributed by atoms with E-state index in [1.807, 2.05) is 0 Å². The van der Waals surface area contributed by atoms with E-state index in [4.69, 9.17) is 4.98 Å². The monoisotopic (exact) mass is 260 g/mol. The van der Waals surface area contributed by atoms with Crippen molar-refractivity contribution in [3.8, 4) is 0 Å². The average molecular weight is 260 g/mol. The Bertz CT molecular complexity index is 553. The van der Waals surface area contributed by atoms with Gasteiger partial charge in [-0.15, -0.1) is 0 Å². The van der Waals surface area contributed by atoms with Gasteiger partial charge in [-0.3, -0.25) is 0 Å². The molecule has 0 atom stereocenters. The van der Waals surface area contributed by atoms with E-state index in [9.17, 15) is 0 Å². The third-order valence-electron chi connectivity index (χ3n) is 3.79. The number of benzene rings is 1. The van der Waals surface area contributed by atoms with Gasteiger partial charge >= 0.3 is 0 Å². The molecule has 0 unspecified atom stereocenters. The van der Waals surface area contributed by atoms with Crippen molar-refractivity contribution in [2.45, 2.75) is 33.1 Å². The highest BCUT2D eigenvalue weighted by molar-refractivity contribution is 7.99. The molecule has 3 rings (SSSR count). The molecule has 0 amide bonds. The van der Waals surface area contributed by atoms with E-state index >= 15 is 0 Å². The zero-order chi connectivity index (χ0) is 12.5. The van der Waals surface area contributed by atoms with E-state index in [-0.39, 0.29) is 0 Å². The van der Waals surface area contributed by atoms with Crippen LogP contribution in [0.2, 0.25) is 0 Å². The van der Waals surface area contributed by atoms with E-state index in [1.54, 1.807) is 0 Å². The van der Waals surface area contributed by atoms with Crippen molar-refractivity contribution in [2.24, 2.45) is 5.92 Å². The summed E-state index contributed by atoms with van der Waals surface area (Å²) in [5.41, 5.74) is 4.95. The molecule has 1 fully saturated rings. The summed E-state index contributed by atoms with van der Waals surface area (Å²) in [6.45, 7) is 4.29. The second-order valence-electron chi connectivity index (χ2n) is 5.42. The van der Waals surface area contributed by atoms with Gasteiger partial charge in [0.05, 0.1) is 11.0 Å². The van der Waals surface area contributed by atoms with Gasteiger partial charge in [0, 0.05) is 6.42 Å². The van der Waals surface area contributed by atoms with Crippen LogP contribution in [0, 0.1) is 19.8 Å². The topological polar surface area (TPSA) is 28.7 Å². The van der Waals surface area contributed by atoms with Gasteiger partial charge in [0.2, 0.25) is 0 Å². The lowest BCUT2D eigenvalue weighted by Crippen LogP contribution is -2.12.